The molecule has 0 saturated heterocycles. The standard InChI is InChI=1S/C12H18N2/c1-2-13-8-7-12-11-6-4-3-5-10(11)9-14-12/h3-6,12-14H,2,7-9H2,1H3. The zero-order chi connectivity index (χ0) is 9.80. The third-order valence-electron chi connectivity index (χ3n) is 2.83. The highest BCUT2D eigenvalue weighted by Crippen LogP contribution is 2.26. The van der Waals surface area contributed by atoms with Crippen LogP contribution in [0.3, 0.4) is 0 Å². The first-order chi connectivity index (χ1) is 6.92. The Bertz CT molecular complexity index is 296. The van der Waals surface area contributed by atoms with Crippen molar-refractivity contribution in [3.8, 4) is 0 Å². The number of benzene rings is 1. The molecule has 0 fully saturated rings. The van der Waals surface area contributed by atoms with Crippen LogP contribution in [0.25, 0.3) is 0 Å². The Morgan fingerprint density at radius 1 is 1.43 bits per heavy atom. The van der Waals surface area contributed by atoms with Gasteiger partial charge in [0.05, 0.1) is 0 Å². The van der Waals surface area contributed by atoms with E-state index in [1.54, 1.807) is 0 Å². The van der Waals surface area contributed by atoms with Crippen molar-refractivity contribution < 1.29 is 0 Å². The normalized spacial score (nSPS) is 19.6. The lowest BCUT2D eigenvalue weighted by molar-refractivity contribution is 0.518. The summed E-state index contributed by atoms with van der Waals surface area (Å²) in [5, 5.41) is 6.91. The van der Waals surface area contributed by atoms with Gasteiger partial charge in [-0.05, 0) is 30.6 Å². The maximum atomic E-state index is 3.54. The Labute approximate surface area is 85.7 Å². The minimum atomic E-state index is 0.560. The molecule has 0 aromatic heterocycles. The van der Waals surface area contributed by atoms with E-state index in [1.165, 1.54) is 17.5 Å². The molecule has 0 aliphatic carbocycles. The number of hydrogen-bond acceptors (Lipinski definition) is 2. The van der Waals surface area contributed by atoms with Crippen molar-refractivity contribution >= 4 is 0 Å². The minimum Gasteiger partial charge on any atom is -0.317 e. The van der Waals surface area contributed by atoms with Crippen molar-refractivity contribution in [2.24, 2.45) is 0 Å². The molecule has 1 aliphatic heterocycles. The van der Waals surface area contributed by atoms with Crippen LogP contribution >= 0.6 is 0 Å². The second kappa shape index (κ2) is 4.58. The predicted molar refractivity (Wildman–Crippen MR) is 59.2 cm³/mol. The highest BCUT2D eigenvalue weighted by Gasteiger charge is 2.19. The van der Waals surface area contributed by atoms with Gasteiger partial charge in [-0.3, -0.25) is 0 Å². The van der Waals surface area contributed by atoms with Gasteiger partial charge >= 0.3 is 0 Å². The average Bonchev–Trinajstić information content (AvgIpc) is 2.63. The third kappa shape index (κ3) is 1.97. The second-order valence-corrected chi connectivity index (χ2v) is 3.77. The van der Waals surface area contributed by atoms with Gasteiger partial charge in [-0.25, -0.2) is 0 Å². The molecule has 1 atom stereocenters. The van der Waals surface area contributed by atoms with Crippen LogP contribution in [0.15, 0.2) is 24.3 Å². The van der Waals surface area contributed by atoms with Crippen LogP contribution in [-0.4, -0.2) is 13.1 Å². The second-order valence-electron chi connectivity index (χ2n) is 3.77. The predicted octanol–water partition coefficient (Wildman–Crippen LogP) is 1.83. The molecule has 0 radical (unpaired) electrons. The van der Waals surface area contributed by atoms with Gasteiger partial charge in [0.15, 0.2) is 0 Å². The van der Waals surface area contributed by atoms with Gasteiger partial charge < -0.3 is 10.6 Å². The highest BCUT2D eigenvalue weighted by molar-refractivity contribution is 5.33. The molecule has 2 heteroatoms. The lowest BCUT2D eigenvalue weighted by Crippen LogP contribution is -2.21. The molecule has 2 nitrogen and oxygen atoms in total. The molecule has 1 aromatic carbocycles. The van der Waals surface area contributed by atoms with E-state index < -0.39 is 0 Å². The molecule has 14 heavy (non-hydrogen) atoms. The zero-order valence-electron chi connectivity index (χ0n) is 8.72. The fourth-order valence-corrected chi connectivity index (χ4v) is 2.06. The third-order valence-corrected chi connectivity index (χ3v) is 2.83. The number of hydrogen-bond donors (Lipinski definition) is 2. The molecule has 1 unspecified atom stereocenters. The van der Waals surface area contributed by atoms with Gasteiger partial charge in [-0.1, -0.05) is 31.2 Å². The SMILES string of the molecule is CCNCCC1NCc2ccccc21. The van der Waals surface area contributed by atoms with Crippen LogP contribution in [0, 0.1) is 0 Å². The van der Waals surface area contributed by atoms with Crippen molar-refractivity contribution in [2.75, 3.05) is 13.1 Å². The van der Waals surface area contributed by atoms with Crippen LogP contribution in [0.2, 0.25) is 0 Å². The maximum absolute atomic E-state index is 3.54. The van der Waals surface area contributed by atoms with Crippen molar-refractivity contribution in [2.45, 2.75) is 25.9 Å². The summed E-state index contributed by atoms with van der Waals surface area (Å²) in [4.78, 5) is 0. The van der Waals surface area contributed by atoms with E-state index in [2.05, 4.69) is 41.8 Å². The Morgan fingerprint density at radius 3 is 3.14 bits per heavy atom. The summed E-state index contributed by atoms with van der Waals surface area (Å²) in [6.45, 7) is 5.35. The zero-order valence-corrected chi connectivity index (χ0v) is 8.72. The van der Waals surface area contributed by atoms with Crippen molar-refractivity contribution in [3.05, 3.63) is 35.4 Å². The van der Waals surface area contributed by atoms with Gasteiger partial charge in [-0.15, -0.1) is 0 Å². The van der Waals surface area contributed by atoms with Crippen molar-refractivity contribution in [1.82, 2.24) is 10.6 Å². The van der Waals surface area contributed by atoms with Crippen molar-refractivity contribution in [3.63, 3.8) is 0 Å². The minimum absolute atomic E-state index is 0.560. The molecule has 2 N–H and O–H groups in total. The Balaban J connectivity index is 1.96. The first-order valence-corrected chi connectivity index (χ1v) is 5.43. The van der Waals surface area contributed by atoms with Gasteiger partial charge in [0.1, 0.15) is 0 Å². The molecule has 0 amide bonds. The number of rotatable bonds is 4. The van der Waals surface area contributed by atoms with E-state index in [0.717, 1.165) is 19.6 Å². The average molecular weight is 190 g/mol. The largest absolute Gasteiger partial charge is 0.317 e. The summed E-state index contributed by atoms with van der Waals surface area (Å²) in [5.74, 6) is 0. The van der Waals surface area contributed by atoms with Gasteiger partial charge in [-0.2, -0.15) is 0 Å². The molecular formula is C12H18N2. The van der Waals surface area contributed by atoms with Crippen LogP contribution in [0.1, 0.15) is 30.5 Å². The summed E-state index contributed by atoms with van der Waals surface area (Å²) >= 11 is 0. The summed E-state index contributed by atoms with van der Waals surface area (Å²) in [6.07, 6.45) is 1.19. The van der Waals surface area contributed by atoms with Gasteiger partial charge in [0.2, 0.25) is 0 Å². The molecule has 2 rings (SSSR count). The topological polar surface area (TPSA) is 24.1 Å². The molecule has 1 heterocycles. The molecular weight excluding hydrogens is 172 g/mol. The highest BCUT2D eigenvalue weighted by atomic mass is 15.0. The summed E-state index contributed by atoms with van der Waals surface area (Å²) < 4.78 is 0. The quantitative estimate of drug-likeness (QED) is 0.708. The molecule has 0 bridgehead atoms. The van der Waals surface area contributed by atoms with E-state index >= 15 is 0 Å². The number of nitrogens with one attached hydrogen (secondary N) is 2. The van der Waals surface area contributed by atoms with Gasteiger partial charge in [0.25, 0.3) is 0 Å². The molecule has 1 aliphatic rings. The Morgan fingerprint density at radius 2 is 2.29 bits per heavy atom. The summed E-state index contributed by atoms with van der Waals surface area (Å²) in [6, 6.07) is 9.27. The van der Waals surface area contributed by atoms with E-state index in [-0.39, 0.29) is 0 Å². The van der Waals surface area contributed by atoms with E-state index in [9.17, 15) is 0 Å². The van der Waals surface area contributed by atoms with Crippen LogP contribution in [0.4, 0.5) is 0 Å². The summed E-state index contributed by atoms with van der Waals surface area (Å²) in [7, 11) is 0. The van der Waals surface area contributed by atoms with E-state index in [0.29, 0.717) is 6.04 Å². The van der Waals surface area contributed by atoms with Crippen LogP contribution < -0.4 is 10.6 Å². The Hall–Kier alpha value is -0.860. The number of fused-ring (bicyclic) bond motifs is 1. The maximum Gasteiger partial charge on any atom is 0.0338 e. The summed E-state index contributed by atoms with van der Waals surface area (Å²) in [5.41, 5.74) is 2.96. The van der Waals surface area contributed by atoms with E-state index in [4.69, 9.17) is 0 Å². The molecule has 76 valence electrons. The smallest absolute Gasteiger partial charge is 0.0338 e. The first-order valence-electron chi connectivity index (χ1n) is 5.43. The van der Waals surface area contributed by atoms with Crippen molar-refractivity contribution in [1.29, 1.82) is 0 Å². The lowest BCUT2D eigenvalue weighted by atomic mass is 10.0. The van der Waals surface area contributed by atoms with Crippen LogP contribution in [-0.2, 0) is 6.54 Å². The fourth-order valence-electron chi connectivity index (χ4n) is 2.06. The lowest BCUT2D eigenvalue weighted by Gasteiger charge is -2.11. The van der Waals surface area contributed by atoms with Gasteiger partial charge in [0, 0.05) is 12.6 Å². The monoisotopic (exact) mass is 190 g/mol. The van der Waals surface area contributed by atoms with Crippen LogP contribution in [0.5, 0.6) is 0 Å². The molecule has 0 spiro atoms. The Kier molecular flexibility index (Phi) is 3.17. The van der Waals surface area contributed by atoms with E-state index in [1.807, 2.05) is 0 Å². The first kappa shape index (κ1) is 9.69. The molecule has 1 aromatic rings. The molecule has 0 saturated carbocycles. The fraction of sp³-hybridized carbons (Fsp3) is 0.500.